The first kappa shape index (κ1) is 37.5. The molecule has 1 aliphatic heterocycles. The van der Waals surface area contributed by atoms with Crippen LogP contribution in [0, 0.1) is 0 Å². The van der Waals surface area contributed by atoms with E-state index in [0.717, 1.165) is 62.3 Å². The Morgan fingerprint density at radius 2 is 0.790 bits per heavy atom. The maximum Gasteiger partial charge on any atom is 0.0586 e. The fourth-order valence-corrected chi connectivity index (χ4v) is 12.3. The summed E-state index contributed by atoms with van der Waals surface area (Å²) in [5.41, 5.74) is 13.5. The van der Waals surface area contributed by atoms with Crippen LogP contribution < -0.4 is 14.7 Å². The van der Waals surface area contributed by atoms with E-state index in [1.807, 2.05) is 0 Å². The summed E-state index contributed by atoms with van der Waals surface area (Å²) in [7, 11) is -1.20. The van der Waals surface area contributed by atoms with Crippen LogP contribution in [0.1, 0.15) is 6.92 Å². The van der Waals surface area contributed by atoms with Gasteiger partial charge in [0.05, 0.1) is 39.5 Å². The van der Waals surface area contributed by atoms with Gasteiger partial charge in [-0.15, -0.1) is 0 Å². The van der Waals surface area contributed by atoms with E-state index in [0.29, 0.717) is 0 Å². The molecule has 0 saturated heterocycles. The maximum absolute atomic E-state index is 2.49. The molecule has 0 unspecified atom stereocenters. The van der Waals surface area contributed by atoms with Crippen LogP contribution in [0.2, 0.25) is 0 Å². The van der Waals surface area contributed by atoms with Gasteiger partial charge in [0.1, 0.15) is 0 Å². The van der Waals surface area contributed by atoms with E-state index in [1.165, 1.54) is 31.9 Å². The highest BCUT2D eigenvalue weighted by Crippen LogP contribution is 2.69. The lowest BCUT2D eigenvalue weighted by Crippen LogP contribution is -2.21. The number of para-hydroxylation sites is 7. The first-order valence-corrected chi connectivity index (χ1v) is 23.6. The van der Waals surface area contributed by atoms with E-state index < -0.39 is 10.0 Å². The number of aromatic nitrogens is 1. The number of hydrogen-bond acceptors (Lipinski definition) is 3. The van der Waals surface area contributed by atoms with Crippen molar-refractivity contribution in [3.63, 3.8) is 0 Å². The third-order valence-corrected chi connectivity index (χ3v) is 16.2. The fraction of sp³-hybridized carbons (Fsp3) is 0.0526. The van der Waals surface area contributed by atoms with Crippen LogP contribution in [0.25, 0.3) is 27.5 Å². The Balaban J connectivity index is 1.17. The van der Waals surface area contributed by atoms with Gasteiger partial charge in [-0.2, -0.15) is 10.0 Å². The van der Waals surface area contributed by atoms with Crippen molar-refractivity contribution in [1.82, 2.24) is 4.57 Å². The van der Waals surface area contributed by atoms with Crippen LogP contribution in [-0.2, 0) is 0 Å². The van der Waals surface area contributed by atoms with Crippen molar-refractivity contribution in [2.24, 2.45) is 0 Å². The molecule has 0 fully saturated rings. The van der Waals surface area contributed by atoms with Crippen LogP contribution in [-0.4, -0.2) is 16.6 Å². The number of anilines is 9. The van der Waals surface area contributed by atoms with Crippen LogP contribution in [0.4, 0.5) is 51.2 Å². The predicted molar refractivity (Wildman–Crippen MR) is 265 cm³/mol. The first-order valence-electron chi connectivity index (χ1n) is 21.3. The monoisotopic (exact) mass is 818 g/mol. The van der Waals surface area contributed by atoms with Crippen LogP contribution >= 0.6 is 10.0 Å². The van der Waals surface area contributed by atoms with Crippen molar-refractivity contribution in [1.29, 1.82) is 0 Å². The molecule has 1 aromatic heterocycles. The molecule has 62 heavy (non-hydrogen) atoms. The van der Waals surface area contributed by atoms with Gasteiger partial charge in [0.25, 0.3) is 0 Å². The summed E-state index contributed by atoms with van der Waals surface area (Å²) in [5.74, 6) is 1.10. The number of nitrogens with zero attached hydrogens (tertiary/aromatic N) is 4. The van der Waals surface area contributed by atoms with E-state index in [2.05, 4.69) is 263 Å². The van der Waals surface area contributed by atoms with Crippen LogP contribution in [0.5, 0.6) is 0 Å². The number of fused-ring (bicyclic) bond motifs is 5. The summed E-state index contributed by atoms with van der Waals surface area (Å²) in [6.07, 6.45) is 2.48. The van der Waals surface area contributed by atoms with Crippen molar-refractivity contribution < 1.29 is 0 Å². The van der Waals surface area contributed by atoms with Crippen molar-refractivity contribution in [3.8, 4) is 5.69 Å². The van der Waals surface area contributed by atoms with Crippen LogP contribution in [0.15, 0.2) is 240 Å². The smallest absolute Gasteiger partial charge is 0.0586 e. The summed E-state index contributed by atoms with van der Waals surface area (Å²) in [6.45, 7) is 2.34. The Kier molecular flexibility index (Phi) is 9.40. The predicted octanol–water partition coefficient (Wildman–Crippen LogP) is 16.4. The fourth-order valence-electron chi connectivity index (χ4n) is 9.43. The Bertz CT molecular complexity index is 2970. The quantitative estimate of drug-likeness (QED) is 0.144. The van der Waals surface area contributed by atoms with E-state index in [4.69, 9.17) is 0 Å². The minimum absolute atomic E-state index is 1.05. The summed E-state index contributed by atoms with van der Waals surface area (Å²) in [6, 6.07) is 83.8. The van der Waals surface area contributed by atoms with Crippen molar-refractivity contribution in [2.45, 2.75) is 16.7 Å². The maximum atomic E-state index is 2.49. The summed E-state index contributed by atoms with van der Waals surface area (Å²) >= 11 is 0. The molecule has 0 N–H and O–H groups in total. The Labute approximate surface area is 365 Å². The molecule has 1 aliphatic rings. The molecule has 0 atom stereocenters. The molecule has 11 rings (SSSR count). The van der Waals surface area contributed by atoms with Gasteiger partial charge in [0.2, 0.25) is 0 Å². The SMILES string of the molecule is CCS1(C)c2ccccc2N(c2ccc3c(c2)c2ccccc2n3-c2cc(N(c3ccccc3)c3ccccc3)cc(N(c3ccccc3)c3ccccc3)c2)c2ccccc21. The normalized spacial score (nSPS) is 13.4. The van der Waals surface area contributed by atoms with Gasteiger partial charge >= 0.3 is 0 Å². The number of benzene rings is 9. The standard InChI is InChI=1S/C57H46N4S/c1-3-62(2)56-34-20-18-32-54(56)60(55-33-19-21-35-57(55)62)46-36-37-53-51(41-46)50-30-16-17-31-52(50)61(53)49-39-47(58(42-22-8-4-9-23-42)43-24-10-5-11-25-43)38-48(40-49)59(44-26-12-6-13-27-44)45-28-14-7-15-29-45/h4-41H,3H2,1-2H3. The zero-order valence-corrected chi connectivity index (χ0v) is 35.7. The van der Waals surface area contributed by atoms with E-state index >= 15 is 0 Å². The summed E-state index contributed by atoms with van der Waals surface area (Å²) in [5, 5.41) is 2.42. The molecule has 10 aromatic rings. The van der Waals surface area contributed by atoms with E-state index in [9.17, 15) is 0 Å². The average Bonchev–Trinajstić information content (AvgIpc) is 3.67. The number of rotatable bonds is 9. The first-order chi connectivity index (χ1) is 30.6. The Hall–Kier alpha value is -7.47. The Morgan fingerprint density at radius 3 is 1.27 bits per heavy atom. The van der Waals surface area contributed by atoms with Gasteiger partial charge in [-0.3, -0.25) is 0 Å². The molecule has 0 radical (unpaired) electrons. The van der Waals surface area contributed by atoms with Gasteiger partial charge in [-0.25, -0.2) is 0 Å². The highest BCUT2D eigenvalue weighted by Gasteiger charge is 2.35. The van der Waals surface area contributed by atoms with Gasteiger partial charge < -0.3 is 19.3 Å². The van der Waals surface area contributed by atoms with E-state index in [-0.39, 0.29) is 0 Å². The molecule has 0 bridgehead atoms. The van der Waals surface area contributed by atoms with E-state index in [1.54, 1.807) is 0 Å². The van der Waals surface area contributed by atoms with Crippen LogP contribution in [0.3, 0.4) is 0 Å². The molecule has 0 aliphatic carbocycles. The highest BCUT2D eigenvalue weighted by molar-refractivity contribution is 8.33. The molecule has 4 nitrogen and oxygen atoms in total. The van der Waals surface area contributed by atoms with Gasteiger partial charge in [-0.05, 0) is 127 Å². The third-order valence-electron chi connectivity index (χ3n) is 12.4. The third kappa shape index (κ3) is 6.24. The van der Waals surface area contributed by atoms with Crippen molar-refractivity contribution in [2.75, 3.05) is 26.7 Å². The number of hydrogen-bond donors (Lipinski definition) is 0. The summed E-state index contributed by atoms with van der Waals surface area (Å²) in [4.78, 5) is 10.1. The second kappa shape index (κ2) is 15.5. The van der Waals surface area contributed by atoms with Gasteiger partial charge in [0.15, 0.2) is 0 Å². The topological polar surface area (TPSA) is 14.7 Å². The minimum atomic E-state index is -1.20. The Morgan fingerprint density at radius 1 is 0.371 bits per heavy atom. The molecule has 2 heterocycles. The zero-order valence-electron chi connectivity index (χ0n) is 34.8. The second-order valence-corrected chi connectivity index (χ2v) is 19.6. The lowest BCUT2D eigenvalue weighted by molar-refractivity contribution is 1.14. The molecule has 5 heteroatoms. The highest BCUT2D eigenvalue weighted by atomic mass is 32.3. The summed E-state index contributed by atoms with van der Waals surface area (Å²) < 4.78 is 2.46. The van der Waals surface area contributed by atoms with Crippen molar-refractivity contribution >= 4 is 83.0 Å². The molecule has 9 aromatic carbocycles. The molecular weight excluding hydrogens is 773 g/mol. The minimum Gasteiger partial charge on any atom is -0.310 e. The average molecular weight is 819 g/mol. The molecule has 300 valence electrons. The molecule has 0 saturated carbocycles. The largest absolute Gasteiger partial charge is 0.310 e. The molecule has 0 amide bonds. The van der Waals surface area contributed by atoms with Crippen molar-refractivity contribution in [3.05, 3.63) is 231 Å². The zero-order chi connectivity index (χ0) is 41.6. The van der Waals surface area contributed by atoms with Gasteiger partial charge in [-0.1, -0.05) is 122 Å². The molecular formula is C57H46N4S. The lowest BCUT2D eigenvalue weighted by atomic mass is 10.1. The lowest BCUT2D eigenvalue weighted by Gasteiger charge is -2.46. The second-order valence-electron chi connectivity index (χ2n) is 15.9. The molecule has 0 spiro atoms. The van der Waals surface area contributed by atoms with Gasteiger partial charge in [0, 0.05) is 49.0 Å².